The van der Waals surface area contributed by atoms with E-state index in [2.05, 4.69) is 4.98 Å². The zero-order valence-electron chi connectivity index (χ0n) is 14.2. The van der Waals surface area contributed by atoms with Crippen molar-refractivity contribution < 1.29 is 19.1 Å². The Morgan fingerprint density at radius 3 is 2.70 bits per heavy atom. The van der Waals surface area contributed by atoms with E-state index in [-0.39, 0.29) is 12.5 Å². The lowest BCUT2D eigenvalue weighted by Crippen LogP contribution is -2.36. The van der Waals surface area contributed by atoms with Crippen molar-refractivity contribution in [3.8, 4) is 0 Å². The summed E-state index contributed by atoms with van der Waals surface area (Å²) in [5, 5.41) is 0. The van der Waals surface area contributed by atoms with Gasteiger partial charge in [0.2, 0.25) is 0 Å². The molecule has 1 aromatic rings. The van der Waals surface area contributed by atoms with E-state index in [0.717, 1.165) is 24.1 Å². The van der Waals surface area contributed by atoms with Gasteiger partial charge in [-0.25, -0.2) is 9.78 Å². The first kappa shape index (κ1) is 17.4. The van der Waals surface area contributed by atoms with Crippen LogP contribution in [0.25, 0.3) is 0 Å². The maximum Gasteiger partial charge on any atom is 0.357 e. The van der Waals surface area contributed by atoms with Crippen LogP contribution in [-0.4, -0.2) is 47.1 Å². The number of nitrogens with zero attached hydrogens (tertiary/aromatic N) is 2. The molecule has 0 bridgehead atoms. The number of pyridine rings is 1. The maximum absolute atomic E-state index is 12.1. The van der Waals surface area contributed by atoms with E-state index in [4.69, 9.17) is 9.47 Å². The molecule has 1 aliphatic rings. The Morgan fingerprint density at radius 2 is 2.04 bits per heavy atom. The van der Waals surface area contributed by atoms with Crippen LogP contribution in [0.2, 0.25) is 0 Å². The number of carbonyl (C=O) groups excluding carboxylic acids is 2. The molecule has 1 aromatic heterocycles. The van der Waals surface area contributed by atoms with E-state index in [1.54, 1.807) is 19.2 Å². The number of hydrogen-bond acceptors (Lipinski definition) is 6. The topological polar surface area (TPSA) is 68.7 Å². The molecule has 0 saturated heterocycles. The molecule has 23 heavy (non-hydrogen) atoms. The SMILES string of the molecule is CCOC(=O)CN1CCc2cc(C(=O)OC(C)(C)C)ncc2C1. The van der Waals surface area contributed by atoms with Crippen molar-refractivity contribution in [3.63, 3.8) is 0 Å². The van der Waals surface area contributed by atoms with Gasteiger partial charge in [0.25, 0.3) is 0 Å². The summed E-state index contributed by atoms with van der Waals surface area (Å²) in [5.41, 5.74) is 1.91. The summed E-state index contributed by atoms with van der Waals surface area (Å²) in [7, 11) is 0. The third-order valence-electron chi connectivity index (χ3n) is 3.44. The predicted octanol–water partition coefficient (Wildman–Crippen LogP) is 1.96. The first-order chi connectivity index (χ1) is 10.8. The maximum atomic E-state index is 12.1. The molecule has 0 N–H and O–H groups in total. The number of fused-ring (bicyclic) bond motifs is 1. The number of rotatable bonds is 4. The Bertz CT molecular complexity index is 593. The van der Waals surface area contributed by atoms with E-state index in [1.807, 2.05) is 25.7 Å². The van der Waals surface area contributed by atoms with Crippen LogP contribution in [0.4, 0.5) is 0 Å². The molecule has 2 heterocycles. The second kappa shape index (κ2) is 7.08. The van der Waals surface area contributed by atoms with Crippen molar-refractivity contribution in [3.05, 3.63) is 29.1 Å². The molecule has 126 valence electrons. The molecule has 0 amide bonds. The van der Waals surface area contributed by atoms with Gasteiger partial charge in [0.1, 0.15) is 11.3 Å². The van der Waals surface area contributed by atoms with Gasteiger partial charge in [0.15, 0.2) is 0 Å². The van der Waals surface area contributed by atoms with Crippen LogP contribution < -0.4 is 0 Å². The number of esters is 2. The van der Waals surface area contributed by atoms with E-state index in [0.29, 0.717) is 18.8 Å². The molecule has 0 fully saturated rings. The van der Waals surface area contributed by atoms with Crippen molar-refractivity contribution in [2.45, 2.75) is 46.3 Å². The van der Waals surface area contributed by atoms with Crippen molar-refractivity contribution in [1.82, 2.24) is 9.88 Å². The molecule has 6 heteroatoms. The number of hydrogen-bond donors (Lipinski definition) is 0. The summed E-state index contributed by atoms with van der Waals surface area (Å²) >= 11 is 0. The van der Waals surface area contributed by atoms with E-state index >= 15 is 0 Å². The molecule has 0 aromatic carbocycles. The molecule has 0 unspecified atom stereocenters. The standard InChI is InChI=1S/C17H24N2O4/c1-5-22-15(20)11-19-7-6-12-8-14(18-9-13(12)10-19)16(21)23-17(2,3)4/h8-9H,5-7,10-11H2,1-4H3. The summed E-state index contributed by atoms with van der Waals surface area (Å²) < 4.78 is 10.3. The van der Waals surface area contributed by atoms with Crippen LogP contribution in [0.3, 0.4) is 0 Å². The number of carbonyl (C=O) groups is 2. The summed E-state index contributed by atoms with van der Waals surface area (Å²) in [5.74, 6) is -0.622. The second-order valence-corrected chi connectivity index (χ2v) is 6.61. The first-order valence-corrected chi connectivity index (χ1v) is 7.87. The molecule has 0 atom stereocenters. The van der Waals surface area contributed by atoms with Gasteiger partial charge in [-0.15, -0.1) is 0 Å². The lowest BCUT2D eigenvalue weighted by atomic mass is 10.0. The monoisotopic (exact) mass is 320 g/mol. The van der Waals surface area contributed by atoms with Crippen molar-refractivity contribution >= 4 is 11.9 Å². The molecule has 1 aliphatic heterocycles. The van der Waals surface area contributed by atoms with Gasteiger partial charge in [-0.05, 0) is 51.3 Å². The van der Waals surface area contributed by atoms with Crippen molar-refractivity contribution in [2.24, 2.45) is 0 Å². The quantitative estimate of drug-likeness (QED) is 0.790. The number of ether oxygens (including phenoxy) is 2. The minimum Gasteiger partial charge on any atom is -0.465 e. The molecule has 0 aliphatic carbocycles. The fourth-order valence-corrected chi connectivity index (χ4v) is 2.47. The van der Waals surface area contributed by atoms with Gasteiger partial charge in [-0.3, -0.25) is 9.69 Å². The molecule has 6 nitrogen and oxygen atoms in total. The zero-order chi connectivity index (χ0) is 17.0. The summed E-state index contributed by atoms with van der Waals surface area (Å²) in [6, 6.07) is 1.80. The minimum absolute atomic E-state index is 0.214. The normalized spacial score (nSPS) is 15.0. The Morgan fingerprint density at radius 1 is 1.30 bits per heavy atom. The highest BCUT2D eigenvalue weighted by molar-refractivity contribution is 5.87. The average molecular weight is 320 g/mol. The fraction of sp³-hybridized carbons (Fsp3) is 0.588. The Hall–Kier alpha value is -1.95. The van der Waals surface area contributed by atoms with Crippen LogP contribution in [0.15, 0.2) is 12.3 Å². The van der Waals surface area contributed by atoms with E-state index < -0.39 is 11.6 Å². The molecule has 2 rings (SSSR count). The van der Waals surface area contributed by atoms with E-state index in [1.165, 1.54) is 0 Å². The molecule has 0 radical (unpaired) electrons. The van der Waals surface area contributed by atoms with Crippen molar-refractivity contribution in [1.29, 1.82) is 0 Å². The Labute approximate surface area is 136 Å². The fourth-order valence-electron chi connectivity index (χ4n) is 2.47. The van der Waals surface area contributed by atoms with E-state index in [9.17, 15) is 9.59 Å². The highest BCUT2D eigenvalue weighted by atomic mass is 16.6. The summed E-state index contributed by atoms with van der Waals surface area (Å²) in [6.45, 7) is 9.35. The third-order valence-corrected chi connectivity index (χ3v) is 3.44. The Balaban J connectivity index is 2.03. The van der Waals surface area contributed by atoms with Gasteiger partial charge in [0, 0.05) is 19.3 Å². The zero-order valence-corrected chi connectivity index (χ0v) is 14.2. The van der Waals surface area contributed by atoms with Crippen LogP contribution in [-0.2, 0) is 27.2 Å². The van der Waals surface area contributed by atoms with Gasteiger partial charge in [-0.2, -0.15) is 0 Å². The first-order valence-electron chi connectivity index (χ1n) is 7.87. The predicted molar refractivity (Wildman–Crippen MR) is 85.0 cm³/mol. The minimum atomic E-state index is -0.537. The molecular weight excluding hydrogens is 296 g/mol. The smallest absolute Gasteiger partial charge is 0.357 e. The van der Waals surface area contributed by atoms with Crippen LogP contribution in [0, 0.1) is 0 Å². The average Bonchev–Trinajstić information content (AvgIpc) is 2.45. The highest BCUT2D eigenvalue weighted by Crippen LogP contribution is 2.20. The van der Waals surface area contributed by atoms with Crippen molar-refractivity contribution in [2.75, 3.05) is 19.7 Å². The van der Waals surface area contributed by atoms with Gasteiger partial charge >= 0.3 is 11.9 Å². The summed E-state index contributed by atoms with van der Waals surface area (Å²) in [6.07, 6.45) is 2.47. The molecule has 0 spiro atoms. The lowest BCUT2D eigenvalue weighted by Gasteiger charge is -2.27. The lowest BCUT2D eigenvalue weighted by molar-refractivity contribution is -0.144. The largest absolute Gasteiger partial charge is 0.465 e. The summed E-state index contributed by atoms with van der Waals surface area (Å²) in [4.78, 5) is 29.9. The van der Waals surface area contributed by atoms with Crippen LogP contribution in [0.5, 0.6) is 0 Å². The van der Waals surface area contributed by atoms with Gasteiger partial charge in [0.05, 0.1) is 13.2 Å². The second-order valence-electron chi connectivity index (χ2n) is 6.61. The van der Waals surface area contributed by atoms with Gasteiger partial charge < -0.3 is 9.47 Å². The van der Waals surface area contributed by atoms with Crippen LogP contribution >= 0.6 is 0 Å². The third kappa shape index (κ3) is 5.03. The van der Waals surface area contributed by atoms with Crippen LogP contribution in [0.1, 0.15) is 49.3 Å². The number of aromatic nitrogens is 1. The highest BCUT2D eigenvalue weighted by Gasteiger charge is 2.23. The Kier molecular flexibility index (Phi) is 5.36. The molecular formula is C17H24N2O4. The molecule has 0 saturated carbocycles. The van der Waals surface area contributed by atoms with Gasteiger partial charge in [-0.1, -0.05) is 0 Å².